The van der Waals surface area contributed by atoms with Crippen molar-refractivity contribution in [2.75, 3.05) is 19.6 Å². The van der Waals surface area contributed by atoms with Crippen LogP contribution in [0, 0.1) is 6.92 Å². The van der Waals surface area contributed by atoms with Crippen molar-refractivity contribution in [2.45, 2.75) is 39.2 Å². The van der Waals surface area contributed by atoms with Crippen LogP contribution in [0.4, 0.5) is 0 Å². The van der Waals surface area contributed by atoms with E-state index < -0.39 is 17.6 Å². The molecule has 1 unspecified atom stereocenters. The highest BCUT2D eigenvalue weighted by atomic mass is 35.5. The van der Waals surface area contributed by atoms with Crippen LogP contribution in [-0.2, 0) is 16.0 Å². The molecule has 26 heavy (non-hydrogen) atoms. The lowest BCUT2D eigenvalue weighted by Crippen LogP contribution is -2.36. The summed E-state index contributed by atoms with van der Waals surface area (Å²) < 4.78 is 0. The largest absolute Gasteiger partial charge is 0.503 e. The molecule has 2 amide bonds. The van der Waals surface area contributed by atoms with Gasteiger partial charge >= 0.3 is 0 Å². The van der Waals surface area contributed by atoms with Gasteiger partial charge in [0.25, 0.3) is 11.8 Å². The number of nitrogens with one attached hydrogen (secondary N) is 1. The zero-order valence-electron chi connectivity index (χ0n) is 15.2. The molecule has 1 aromatic rings. The monoisotopic (exact) mass is 379 g/mol. The maximum Gasteiger partial charge on any atom is 0.289 e. The number of hydrogen-bond acceptors (Lipinski definition) is 4. The van der Waals surface area contributed by atoms with E-state index in [4.69, 9.17) is 17.3 Å². The average Bonchev–Trinajstić information content (AvgIpc) is 2.89. The standard InChI is InChI=1S/C19H26ClN3O3/c1-12-4-6-14(10-16(12)20)7-5-13(2)22-18(25)15-11-23(9-3-8-21)19(26)17(15)24/h4,6,10,13,24H,3,5,7-9,11,21H2,1-2H3,(H,22,25). The Morgan fingerprint density at radius 1 is 1.46 bits per heavy atom. The van der Waals surface area contributed by atoms with E-state index in [1.165, 1.54) is 4.90 Å². The molecule has 4 N–H and O–H groups in total. The van der Waals surface area contributed by atoms with Gasteiger partial charge in [-0.2, -0.15) is 0 Å². The van der Waals surface area contributed by atoms with E-state index in [1.807, 2.05) is 32.0 Å². The van der Waals surface area contributed by atoms with Gasteiger partial charge in [-0.1, -0.05) is 23.7 Å². The van der Waals surface area contributed by atoms with Gasteiger partial charge in [-0.25, -0.2) is 0 Å². The minimum Gasteiger partial charge on any atom is -0.503 e. The van der Waals surface area contributed by atoms with Crippen molar-refractivity contribution in [3.05, 3.63) is 45.7 Å². The first-order chi connectivity index (χ1) is 12.3. The first kappa shape index (κ1) is 20.3. The molecule has 0 saturated carbocycles. The average molecular weight is 380 g/mol. The van der Waals surface area contributed by atoms with Gasteiger partial charge in [-0.3, -0.25) is 9.59 Å². The minimum absolute atomic E-state index is 0.101. The molecule has 7 heteroatoms. The fourth-order valence-corrected chi connectivity index (χ4v) is 3.02. The van der Waals surface area contributed by atoms with Crippen LogP contribution >= 0.6 is 11.6 Å². The predicted molar refractivity (Wildman–Crippen MR) is 102 cm³/mol. The smallest absolute Gasteiger partial charge is 0.289 e. The molecule has 0 aromatic heterocycles. The molecule has 0 saturated heterocycles. The van der Waals surface area contributed by atoms with E-state index in [1.54, 1.807) is 0 Å². The van der Waals surface area contributed by atoms with Gasteiger partial charge < -0.3 is 21.1 Å². The van der Waals surface area contributed by atoms with Crippen molar-refractivity contribution in [3.8, 4) is 0 Å². The van der Waals surface area contributed by atoms with E-state index in [0.717, 1.165) is 29.0 Å². The second-order valence-electron chi connectivity index (χ2n) is 6.69. The Labute approximate surface area is 159 Å². The third-order valence-corrected chi connectivity index (χ3v) is 4.92. The normalized spacial score (nSPS) is 15.5. The number of carbonyl (C=O) groups excluding carboxylic acids is 2. The summed E-state index contributed by atoms with van der Waals surface area (Å²) in [6.07, 6.45) is 2.13. The van der Waals surface area contributed by atoms with Crippen LogP contribution in [0.15, 0.2) is 29.5 Å². The lowest BCUT2D eigenvalue weighted by atomic mass is 10.0. The molecule has 0 fully saturated rings. The second-order valence-corrected chi connectivity index (χ2v) is 7.10. The van der Waals surface area contributed by atoms with Crippen LogP contribution in [-0.4, -0.2) is 47.5 Å². The summed E-state index contributed by atoms with van der Waals surface area (Å²) in [6.45, 7) is 4.85. The molecule has 1 heterocycles. The molecule has 0 spiro atoms. The Hall–Kier alpha value is -2.05. The highest BCUT2D eigenvalue weighted by Crippen LogP contribution is 2.19. The van der Waals surface area contributed by atoms with Crippen LogP contribution < -0.4 is 11.1 Å². The van der Waals surface area contributed by atoms with Crippen molar-refractivity contribution in [1.82, 2.24) is 10.2 Å². The molecule has 0 radical (unpaired) electrons. The Bertz CT molecular complexity index is 718. The maximum atomic E-state index is 12.4. The van der Waals surface area contributed by atoms with E-state index in [9.17, 15) is 14.7 Å². The lowest BCUT2D eigenvalue weighted by Gasteiger charge is -2.17. The third kappa shape index (κ3) is 4.99. The van der Waals surface area contributed by atoms with Crippen molar-refractivity contribution < 1.29 is 14.7 Å². The third-order valence-electron chi connectivity index (χ3n) is 4.51. The molecule has 1 aromatic carbocycles. The number of rotatable bonds is 8. The fourth-order valence-electron chi connectivity index (χ4n) is 2.82. The van der Waals surface area contributed by atoms with Crippen LogP contribution in [0.5, 0.6) is 0 Å². The molecule has 1 aliphatic heterocycles. The zero-order chi connectivity index (χ0) is 19.3. The van der Waals surface area contributed by atoms with Crippen molar-refractivity contribution >= 4 is 23.4 Å². The number of aryl methyl sites for hydroxylation is 2. The number of hydrogen-bond donors (Lipinski definition) is 3. The Kier molecular flexibility index (Phi) is 7.06. The summed E-state index contributed by atoms with van der Waals surface area (Å²) in [7, 11) is 0. The first-order valence-corrected chi connectivity index (χ1v) is 9.18. The zero-order valence-corrected chi connectivity index (χ0v) is 16.0. The van der Waals surface area contributed by atoms with E-state index in [-0.39, 0.29) is 18.2 Å². The number of benzene rings is 1. The summed E-state index contributed by atoms with van der Waals surface area (Å²) in [5, 5.41) is 13.5. The van der Waals surface area contributed by atoms with E-state index in [2.05, 4.69) is 5.32 Å². The van der Waals surface area contributed by atoms with Crippen LogP contribution in [0.25, 0.3) is 0 Å². The van der Waals surface area contributed by atoms with Crippen LogP contribution in [0.3, 0.4) is 0 Å². The van der Waals surface area contributed by atoms with Gasteiger partial charge in [0.15, 0.2) is 5.76 Å². The Morgan fingerprint density at radius 3 is 2.85 bits per heavy atom. The molecule has 0 bridgehead atoms. The maximum absolute atomic E-state index is 12.4. The summed E-state index contributed by atoms with van der Waals surface area (Å²) in [5.41, 5.74) is 7.70. The minimum atomic E-state index is -0.509. The second kappa shape index (κ2) is 9.05. The van der Waals surface area contributed by atoms with Crippen molar-refractivity contribution in [3.63, 3.8) is 0 Å². The quantitative estimate of drug-likeness (QED) is 0.644. The SMILES string of the molecule is Cc1ccc(CCC(C)NC(=O)C2=C(O)C(=O)N(CCCN)C2)cc1Cl. The number of aliphatic hydroxyl groups excluding tert-OH is 1. The van der Waals surface area contributed by atoms with E-state index >= 15 is 0 Å². The van der Waals surface area contributed by atoms with Gasteiger partial charge in [0.2, 0.25) is 0 Å². The summed E-state index contributed by atoms with van der Waals surface area (Å²) in [5.74, 6) is -1.37. The molecule has 6 nitrogen and oxygen atoms in total. The van der Waals surface area contributed by atoms with Gasteiger partial charge in [-0.15, -0.1) is 0 Å². The molecule has 1 aliphatic rings. The number of carbonyl (C=O) groups is 2. The highest BCUT2D eigenvalue weighted by molar-refractivity contribution is 6.31. The van der Waals surface area contributed by atoms with Gasteiger partial charge in [0, 0.05) is 17.6 Å². The summed E-state index contributed by atoms with van der Waals surface area (Å²) >= 11 is 6.13. The fraction of sp³-hybridized carbons (Fsp3) is 0.474. The van der Waals surface area contributed by atoms with Gasteiger partial charge in [-0.05, 0) is 56.8 Å². The Morgan fingerprint density at radius 2 is 2.19 bits per heavy atom. The first-order valence-electron chi connectivity index (χ1n) is 8.80. The Balaban J connectivity index is 1.88. The number of nitrogens with two attached hydrogens (primary N) is 1. The topological polar surface area (TPSA) is 95.7 Å². The highest BCUT2D eigenvalue weighted by Gasteiger charge is 2.33. The molecule has 142 valence electrons. The summed E-state index contributed by atoms with van der Waals surface area (Å²) in [6, 6.07) is 5.83. The molecular weight excluding hydrogens is 354 g/mol. The van der Waals surface area contributed by atoms with Crippen molar-refractivity contribution in [1.29, 1.82) is 0 Å². The predicted octanol–water partition coefficient (Wildman–Crippen LogP) is 2.09. The number of aliphatic hydroxyl groups is 1. The molecule has 1 atom stereocenters. The molecule has 0 aliphatic carbocycles. The lowest BCUT2D eigenvalue weighted by molar-refractivity contribution is -0.127. The number of nitrogens with zero attached hydrogens (tertiary/aromatic N) is 1. The molecule has 2 rings (SSSR count). The van der Waals surface area contributed by atoms with Crippen molar-refractivity contribution in [2.24, 2.45) is 5.73 Å². The van der Waals surface area contributed by atoms with Crippen LogP contribution in [0.2, 0.25) is 5.02 Å². The summed E-state index contributed by atoms with van der Waals surface area (Å²) in [4.78, 5) is 25.8. The number of halogens is 1. The van der Waals surface area contributed by atoms with Gasteiger partial charge in [0.1, 0.15) is 0 Å². The van der Waals surface area contributed by atoms with Gasteiger partial charge in [0.05, 0.1) is 12.1 Å². The number of amides is 2. The molecular formula is C19H26ClN3O3. The van der Waals surface area contributed by atoms with Crippen LogP contribution in [0.1, 0.15) is 30.9 Å². The van der Waals surface area contributed by atoms with E-state index in [0.29, 0.717) is 19.5 Å².